The smallest absolute Gasteiger partial charge is 0.216 e. The average Bonchev–Trinajstić information content (AvgIpc) is 2.76. The largest absolute Gasteiger partial charge is 0.377 e. The number of morpholine rings is 1. The number of anilines is 1. The lowest BCUT2D eigenvalue weighted by Crippen LogP contribution is -2.44. The van der Waals surface area contributed by atoms with Gasteiger partial charge >= 0.3 is 0 Å². The molecule has 0 saturated carbocycles. The fourth-order valence-electron chi connectivity index (χ4n) is 2.27. The predicted octanol–water partition coefficient (Wildman–Crippen LogP) is 1.93. The Kier molecular flexibility index (Phi) is 2.48. The molecule has 5 heteroatoms. The van der Waals surface area contributed by atoms with Gasteiger partial charge in [-0.25, -0.2) is 4.98 Å². The Morgan fingerprint density at radius 1 is 1.59 bits per heavy atom. The highest BCUT2D eigenvalue weighted by atomic mass is 19.1. The van der Waals surface area contributed by atoms with Crippen molar-refractivity contribution in [3.05, 3.63) is 24.3 Å². The standard InChI is InChI=1S/C12H14FN3O/c1-8-7-17-5-4-16(8)12-9-2-3-14-10(9)6-11(13)15-12/h2-3,6,8,14H,4-5,7H2,1H3/t8-/m1/s1. The van der Waals surface area contributed by atoms with Crippen molar-refractivity contribution in [2.24, 2.45) is 0 Å². The van der Waals surface area contributed by atoms with Gasteiger partial charge in [-0.15, -0.1) is 0 Å². The molecule has 0 bridgehead atoms. The first-order chi connectivity index (χ1) is 8.25. The van der Waals surface area contributed by atoms with Gasteiger partial charge < -0.3 is 14.6 Å². The van der Waals surface area contributed by atoms with Crippen LogP contribution in [0.15, 0.2) is 18.3 Å². The minimum absolute atomic E-state index is 0.219. The van der Waals surface area contributed by atoms with Crippen molar-refractivity contribution in [3.8, 4) is 0 Å². The number of nitrogens with one attached hydrogen (secondary N) is 1. The van der Waals surface area contributed by atoms with E-state index in [2.05, 4.69) is 21.8 Å². The van der Waals surface area contributed by atoms with Crippen LogP contribution in [0.5, 0.6) is 0 Å². The molecule has 1 saturated heterocycles. The van der Waals surface area contributed by atoms with E-state index >= 15 is 0 Å². The Hall–Kier alpha value is -1.62. The Labute approximate surface area is 98.4 Å². The molecule has 0 aromatic carbocycles. The Bertz CT molecular complexity index is 540. The first-order valence-corrected chi connectivity index (χ1v) is 5.74. The number of ether oxygens (including phenoxy) is 1. The number of fused-ring (bicyclic) bond motifs is 1. The van der Waals surface area contributed by atoms with Crippen molar-refractivity contribution in [1.82, 2.24) is 9.97 Å². The number of nitrogens with zero attached hydrogens (tertiary/aromatic N) is 2. The van der Waals surface area contributed by atoms with Crippen molar-refractivity contribution in [2.75, 3.05) is 24.7 Å². The number of aromatic amines is 1. The van der Waals surface area contributed by atoms with Crippen LogP contribution < -0.4 is 4.90 Å². The number of hydrogen-bond donors (Lipinski definition) is 1. The van der Waals surface area contributed by atoms with E-state index in [4.69, 9.17) is 4.74 Å². The van der Waals surface area contributed by atoms with Gasteiger partial charge in [0.2, 0.25) is 5.95 Å². The maximum absolute atomic E-state index is 13.5. The van der Waals surface area contributed by atoms with Crippen LogP contribution in [0.1, 0.15) is 6.92 Å². The number of H-pyrrole nitrogens is 1. The van der Waals surface area contributed by atoms with Crippen LogP contribution in [-0.4, -0.2) is 35.8 Å². The van der Waals surface area contributed by atoms with E-state index in [1.165, 1.54) is 6.07 Å². The maximum atomic E-state index is 13.5. The van der Waals surface area contributed by atoms with Crippen molar-refractivity contribution in [2.45, 2.75) is 13.0 Å². The summed E-state index contributed by atoms with van der Waals surface area (Å²) in [7, 11) is 0. The normalized spacial score (nSPS) is 21.1. The summed E-state index contributed by atoms with van der Waals surface area (Å²) in [4.78, 5) is 9.15. The summed E-state index contributed by atoms with van der Waals surface area (Å²) in [5.74, 6) is 0.255. The Morgan fingerprint density at radius 3 is 3.29 bits per heavy atom. The molecule has 1 aliphatic heterocycles. The van der Waals surface area contributed by atoms with Gasteiger partial charge in [0, 0.05) is 24.2 Å². The minimum Gasteiger partial charge on any atom is -0.377 e. The fraction of sp³-hybridized carbons (Fsp3) is 0.417. The molecular weight excluding hydrogens is 221 g/mol. The van der Waals surface area contributed by atoms with E-state index in [0.29, 0.717) is 19.0 Å². The highest BCUT2D eigenvalue weighted by Gasteiger charge is 2.22. The summed E-state index contributed by atoms with van der Waals surface area (Å²) in [6, 6.07) is 3.57. The molecule has 1 aliphatic rings. The summed E-state index contributed by atoms with van der Waals surface area (Å²) >= 11 is 0. The van der Waals surface area contributed by atoms with Gasteiger partial charge in [-0.05, 0) is 13.0 Å². The SMILES string of the molecule is C[C@@H]1COCCN1c1nc(F)cc2[nH]ccc12. The zero-order chi connectivity index (χ0) is 11.8. The Balaban J connectivity index is 2.11. The van der Waals surface area contributed by atoms with Gasteiger partial charge in [0.15, 0.2) is 0 Å². The van der Waals surface area contributed by atoms with Gasteiger partial charge in [0.25, 0.3) is 0 Å². The Morgan fingerprint density at radius 2 is 2.47 bits per heavy atom. The molecule has 4 nitrogen and oxygen atoms in total. The molecule has 0 radical (unpaired) electrons. The molecule has 0 amide bonds. The van der Waals surface area contributed by atoms with E-state index in [9.17, 15) is 4.39 Å². The van der Waals surface area contributed by atoms with E-state index in [1.54, 1.807) is 6.20 Å². The molecule has 1 atom stereocenters. The molecule has 0 spiro atoms. The molecule has 1 N–H and O–H groups in total. The zero-order valence-electron chi connectivity index (χ0n) is 9.61. The van der Waals surface area contributed by atoms with E-state index in [1.807, 2.05) is 6.07 Å². The number of halogens is 1. The lowest BCUT2D eigenvalue weighted by atomic mass is 10.2. The summed E-state index contributed by atoms with van der Waals surface area (Å²) < 4.78 is 18.9. The molecule has 17 heavy (non-hydrogen) atoms. The minimum atomic E-state index is -0.450. The van der Waals surface area contributed by atoms with Crippen LogP contribution in [-0.2, 0) is 4.74 Å². The summed E-state index contributed by atoms with van der Waals surface area (Å²) in [5, 5.41) is 0.958. The lowest BCUT2D eigenvalue weighted by molar-refractivity contribution is 0.0986. The predicted molar refractivity (Wildman–Crippen MR) is 63.7 cm³/mol. The van der Waals surface area contributed by atoms with E-state index < -0.39 is 5.95 Å². The molecular formula is C12H14FN3O. The lowest BCUT2D eigenvalue weighted by Gasteiger charge is -2.34. The van der Waals surface area contributed by atoms with E-state index in [0.717, 1.165) is 17.4 Å². The second-order valence-corrected chi connectivity index (χ2v) is 4.32. The van der Waals surface area contributed by atoms with Crippen LogP contribution in [0.4, 0.5) is 10.2 Å². The number of pyridine rings is 1. The molecule has 2 aromatic heterocycles. The number of rotatable bonds is 1. The third-order valence-electron chi connectivity index (χ3n) is 3.14. The van der Waals surface area contributed by atoms with Gasteiger partial charge in [-0.1, -0.05) is 0 Å². The number of hydrogen-bond acceptors (Lipinski definition) is 3. The summed E-state index contributed by atoms with van der Waals surface area (Å²) in [6.07, 6.45) is 1.81. The van der Waals surface area contributed by atoms with Crippen LogP contribution in [0.2, 0.25) is 0 Å². The van der Waals surface area contributed by atoms with Gasteiger partial charge in [-0.2, -0.15) is 4.39 Å². The van der Waals surface area contributed by atoms with Crippen LogP contribution in [0.3, 0.4) is 0 Å². The summed E-state index contributed by atoms with van der Waals surface area (Å²) in [6.45, 7) is 4.13. The van der Waals surface area contributed by atoms with Crippen molar-refractivity contribution < 1.29 is 9.13 Å². The van der Waals surface area contributed by atoms with Crippen LogP contribution in [0, 0.1) is 5.95 Å². The number of aromatic nitrogens is 2. The molecule has 3 rings (SSSR count). The zero-order valence-corrected chi connectivity index (χ0v) is 9.61. The van der Waals surface area contributed by atoms with Crippen LogP contribution in [0.25, 0.3) is 10.9 Å². The van der Waals surface area contributed by atoms with Gasteiger partial charge in [-0.3, -0.25) is 0 Å². The summed E-state index contributed by atoms with van der Waals surface area (Å²) in [5.41, 5.74) is 0.784. The topological polar surface area (TPSA) is 41.1 Å². The molecule has 3 heterocycles. The fourth-order valence-corrected chi connectivity index (χ4v) is 2.27. The molecule has 0 aliphatic carbocycles. The van der Waals surface area contributed by atoms with Crippen LogP contribution >= 0.6 is 0 Å². The highest BCUT2D eigenvalue weighted by molar-refractivity contribution is 5.90. The van der Waals surface area contributed by atoms with Gasteiger partial charge in [0.05, 0.1) is 24.8 Å². The highest BCUT2D eigenvalue weighted by Crippen LogP contribution is 2.27. The monoisotopic (exact) mass is 235 g/mol. The second-order valence-electron chi connectivity index (χ2n) is 4.32. The van der Waals surface area contributed by atoms with Crippen molar-refractivity contribution in [1.29, 1.82) is 0 Å². The molecule has 1 fully saturated rings. The maximum Gasteiger partial charge on any atom is 0.216 e. The molecule has 90 valence electrons. The first kappa shape index (κ1) is 10.5. The van der Waals surface area contributed by atoms with Crippen molar-refractivity contribution >= 4 is 16.7 Å². The van der Waals surface area contributed by atoms with Crippen molar-refractivity contribution in [3.63, 3.8) is 0 Å². The molecule has 0 unspecified atom stereocenters. The quantitative estimate of drug-likeness (QED) is 0.768. The van der Waals surface area contributed by atoms with E-state index in [-0.39, 0.29) is 6.04 Å². The third kappa shape index (κ3) is 1.76. The molecule has 2 aromatic rings. The first-order valence-electron chi connectivity index (χ1n) is 5.74. The second kappa shape index (κ2) is 4.00. The third-order valence-corrected chi connectivity index (χ3v) is 3.14. The van der Waals surface area contributed by atoms with Gasteiger partial charge in [0.1, 0.15) is 5.82 Å². The average molecular weight is 235 g/mol.